The molecule has 1 amide bonds. The summed E-state index contributed by atoms with van der Waals surface area (Å²) in [7, 11) is 0. The Morgan fingerprint density at radius 1 is 1.14 bits per heavy atom. The van der Waals surface area contributed by atoms with Gasteiger partial charge in [-0.25, -0.2) is 9.59 Å². The Bertz CT molecular complexity index is 883. The first-order valence-corrected chi connectivity index (χ1v) is 10.1. The lowest BCUT2D eigenvalue weighted by atomic mass is 9.77. The van der Waals surface area contributed by atoms with Gasteiger partial charge in [0.15, 0.2) is 0 Å². The second-order valence-electron chi connectivity index (χ2n) is 7.79. The molecule has 2 aromatic carbocycles. The third kappa shape index (κ3) is 3.38. The molecule has 1 aliphatic carbocycles. The van der Waals surface area contributed by atoms with Crippen LogP contribution in [0, 0.1) is 5.92 Å². The molecule has 0 radical (unpaired) electrons. The van der Waals surface area contributed by atoms with Crippen LogP contribution in [0.2, 0.25) is 0 Å². The molecule has 1 heterocycles. The largest absolute Gasteiger partial charge is 0.479 e. The number of hydrogen-bond donors (Lipinski definition) is 3. The molecule has 6 heteroatoms. The standard InChI is InChI=1S/C23H26N2O4/c1-2-15-13-24-12-11-23(15,21(26)27)25-22(28)29-14-20-18-9-5-3-7-16(18)17-8-4-6-10-19(17)20/h3-10,15,20,24H,2,11-14H2,1H3,(H,25,28)(H,26,27). The molecule has 2 aliphatic rings. The number of aliphatic carboxylic acids is 1. The molecule has 29 heavy (non-hydrogen) atoms. The summed E-state index contributed by atoms with van der Waals surface area (Å²) in [6, 6.07) is 16.2. The minimum absolute atomic E-state index is 0.0519. The SMILES string of the molecule is CCC1CNCCC1(NC(=O)OCC1c2ccccc2-c2ccccc21)C(=O)O. The van der Waals surface area contributed by atoms with Crippen molar-refractivity contribution in [3.05, 3.63) is 59.7 Å². The number of hydrogen-bond acceptors (Lipinski definition) is 4. The first-order chi connectivity index (χ1) is 14.1. The Morgan fingerprint density at radius 3 is 2.34 bits per heavy atom. The van der Waals surface area contributed by atoms with Crippen LogP contribution in [0.25, 0.3) is 11.1 Å². The van der Waals surface area contributed by atoms with Crippen molar-refractivity contribution in [2.45, 2.75) is 31.2 Å². The zero-order valence-corrected chi connectivity index (χ0v) is 16.5. The highest BCUT2D eigenvalue weighted by Gasteiger charge is 2.48. The van der Waals surface area contributed by atoms with Crippen LogP contribution in [-0.4, -0.2) is 42.4 Å². The van der Waals surface area contributed by atoms with Crippen molar-refractivity contribution in [2.75, 3.05) is 19.7 Å². The zero-order chi connectivity index (χ0) is 20.4. The minimum Gasteiger partial charge on any atom is -0.479 e. The van der Waals surface area contributed by atoms with E-state index < -0.39 is 17.6 Å². The van der Waals surface area contributed by atoms with E-state index in [0.29, 0.717) is 25.9 Å². The van der Waals surface area contributed by atoms with Gasteiger partial charge in [0.1, 0.15) is 12.1 Å². The molecular formula is C23H26N2O4. The maximum Gasteiger partial charge on any atom is 0.408 e. The van der Waals surface area contributed by atoms with Gasteiger partial charge in [-0.3, -0.25) is 0 Å². The lowest BCUT2D eigenvalue weighted by Gasteiger charge is -2.40. The van der Waals surface area contributed by atoms with E-state index in [2.05, 4.69) is 34.9 Å². The summed E-state index contributed by atoms with van der Waals surface area (Å²) in [5.41, 5.74) is 3.28. The van der Waals surface area contributed by atoms with E-state index in [1.807, 2.05) is 31.2 Å². The molecule has 0 aromatic heterocycles. The second kappa shape index (κ2) is 7.87. The number of piperidine rings is 1. The maximum absolute atomic E-state index is 12.6. The zero-order valence-electron chi connectivity index (χ0n) is 16.5. The fourth-order valence-corrected chi connectivity index (χ4v) is 4.75. The number of carboxylic acids is 1. The molecule has 1 fully saturated rings. The molecule has 4 rings (SSSR count). The number of carbonyl (C=O) groups excluding carboxylic acids is 1. The highest BCUT2D eigenvalue weighted by atomic mass is 16.5. The molecule has 2 atom stereocenters. The van der Waals surface area contributed by atoms with E-state index in [0.717, 1.165) is 22.3 Å². The first-order valence-electron chi connectivity index (χ1n) is 10.1. The van der Waals surface area contributed by atoms with Crippen LogP contribution in [0.5, 0.6) is 0 Å². The molecule has 1 aliphatic heterocycles. The summed E-state index contributed by atoms with van der Waals surface area (Å²) in [5.74, 6) is -1.24. The molecule has 0 spiro atoms. The van der Waals surface area contributed by atoms with Gasteiger partial charge in [-0.2, -0.15) is 0 Å². The fourth-order valence-electron chi connectivity index (χ4n) is 4.75. The average molecular weight is 394 g/mol. The Hall–Kier alpha value is -2.86. The first kappa shape index (κ1) is 19.5. The predicted molar refractivity (Wildman–Crippen MR) is 110 cm³/mol. The predicted octanol–water partition coefficient (Wildman–Crippen LogP) is 3.37. The van der Waals surface area contributed by atoms with Gasteiger partial charge in [-0.05, 0) is 41.6 Å². The number of alkyl carbamates (subject to hydrolysis) is 1. The van der Waals surface area contributed by atoms with Crippen molar-refractivity contribution in [1.29, 1.82) is 0 Å². The van der Waals surface area contributed by atoms with Crippen molar-refractivity contribution in [3.8, 4) is 11.1 Å². The number of fused-ring (bicyclic) bond motifs is 3. The third-order valence-electron chi connectivity index (χ3n) is 6.33. The van der Waals surface area contributed by atoms with Gasteiger partial charge < -0.3 is 20.5 Å². The smallest absolute Gasteiger partial charge is 0.408 e. The Balaban J connectivity index is 1.51. The van der Waals surface area contributed by atoms with Crippen LogP contribution in [-0.2, 0) is 9.53 Å². The third-order valence-corrected chi connectivity index (χ3v) is 6.33. The number of ether oxygens (including phenoxy) is 1. The summed E-state index contributed by atoms with van der Waals surface area (Å²) in [6.07, 6.45) is 0.322. The number of rotatable bonds is 5. The van der Waals surface area contributed by atoms with Gasteiger partial charge in [0, 0.05) is 18.4 Å². The summed E-state index contributed by atoms with van der Waals surface area (Å²) in [4.78, 5) is 24.7. The van der Waals surface area contributed by atoms with Crippen molar-refractivity contribution >= 4 is 12.1 Å². The molecule has 0 saturated carbocycles. The van der Waals surface area contributed by atoms with Gasteiger partial charge in [0.05, 0.1) is 0 Å². The van der Waals surface area contributed by atoms with Gasteiger partial charge >= 0.3 is 12.1 Å². The van der Waals surface area contributed by atoms with E-state index in [-0.39, 0.29) is 18.4 Å². The van der Waals surface area contributed by atoms with Gasteiger partial charge in [-0.15, -0.1) is 0 Å². The van der Waals surface area contributed by atoms with E-state index in [1.165, 1.54) is 0 Å². The number of nitrogens with one attached hydrogen (secondary N) is 2. The van der Waals surface area contributed by atoms with E-state index in [4.69, 9.17) is 4.74 Å². The van der Waals surface area contributed by atoms with Gasteiger partial charge in [0.25, 0.3) is 0 Å². The Morgan fingerprint density at radius 2 is 1.76 bits per heavy atom. The van der Waals surface area contributed by atoms with Crippen LogP contribution >= 0.6 is 0 Å². The number of carboxylic acid groups (broad SMARTS) is 1. The van der Waals surface area contributed by atoms with Crippen LogP contribution in [0.4, 0.5) is 4.79 Å². The number of benzene rings is 2. The average Bonchev–Trinajstić information content (AvgIpc) is 3.06. The van der Waals surface area contributed by atoms with E-state index in [1.54, 1.807) is 0 Å². The summed E-state index contributed by atoms with van der Waals surface area (Å²) >= 11 is 0. The summed E-state index contributed by atoms with van der Waals surface area (Å²) in [6.45, 7) is 3.22. The molecule has 1 saturated heterocycles. The van der Waals surface area contributed by atoms with E-state index in [9.17, 15) is 14.7 Å². The second-order valence-corrected chi connectivity index (χ2v) is 7.79. The lowest BCUT2D eigenvalue weighted by Crippen LogP contribution is -2.65. The topological polar surface area (TPSA) is 87.7 Å². The Kier molecular flexibility index (Phi) is 5.28. The monoisotopic (exact) mass is 394 g/mol. The fraction of sp³-hybridized carbons (Fsp3) is 0.391. The molecule has 6 nitrogen and oxygen atoms in total. The van der Waals surface area contributed by atoms with E-state index >= 15 is 0 Å². The summed E-state index contributed by atoms with van der Waals surface area (Å²) in [5, 5.41) is 15.8. The van der Waals surface area contributed by atoms with Gasteiger partial charge in [0.2, 0.25) is 0 Å². The summed E-state index contributed by atoms with van der Waals surface area (Å²) < 4.78 is 5.58. The van der Waals surface area contributed by atoms with Gasteiger partial charge in [-0.1, -0.05) is 55.5 Å². The van der Waals surface area contributed by atoms with Crippen molar-refractivity contribution < 1.29 is 19.4 Å². The molecular weight excluding hydrogens is 368 g/mol. The van der Waals surface area contributed by atoms with Crippen molar-refractivity contribution in [2.24, 2.45) is 5.92 Å². The van der Waals surface area contributed by atoms with Crippen LogP contribution in [0.3, 0.4) is 0 Å². The van der Waals surface area contributed by atoms with Crippen LogP contribution in [0.1, 0.15) is 36.8 Å². The maximum atomic E-state index is 12.6. The lowest BCUT2D eigenvalue weighted by molar-refractivity contribution is -0.148. The van der Waals surface area contributed by atoms with Crippen LogP contribution in [0.15, 0.2) is 48.5 Å². The normalized spacial score (nSPS) is 23.1. The minimum atomic E-state index is -1.29. The highest BCUT2D eigenvalue weighted by Crippen LogP contribution is 2.44. The van der Waals surface area contributed by atoms with Crippen molar-refractivity contribution in [3.63, 3.8) is 0 Å². The Labute approximate surface area is 170 Å². The molecule has 0 bridgehead atoms. The quantitative estimate of drug-likeness (QED) is 0.724. The molecule has 152 valence electrons. The molecule has 3 N–H and O–H groups in total. The number of amides is 1. The van der Waals surface area contributed by atoms with Crippen molar-refractivity contribution in [1.82, 2.24) is 10.6 Å². The molecule has 2 unspecified atom stereocenters. The highest BCUT2D eigenvalue weighted by molar-refractivity contribution is 5.85. The van der Waals surface area contributed by atoms with Crippen LogP contribution < -0.4 is 10.6 Å². The molecule has 2 aromatic rings. The number of carbonyl (C=O) groups is 2.